The van der Waals surface area contributed by atoms with E-state index in [4.69, 9.17) is 9.47 Å². The molecule has 1 N–H and O–H groups in total. The van der Waals surface area contributed by atoms with Crippen molar-refractivity contribution >= 4 is 11.2 Å². The summed E-state index contributed by atoms with van der Waals surface area (Å²) in [6.45, 7) is 0.387. The molecule has 0 aliphatic heterocycles. The van der Waals surface area contributed by atoms with Crippen LogP contribution in [0.25, 0.3) is 22.6 Å². The number of aromatic nitrogens is 5. The maximum atomic E-state index is 14.0. The lowest BCUT2D eigenvalue weighted by Gasteiger charge is -2.12. The summed E-state index contributed by atoms with van der Waals surface area (Å²) < 4.78 is 27.8. The number of pyridine rings is 1. The number of aryl methyl sites for hydroxylation is 1. The third-order valence-corrected chi connectivity index (χ3v) is 5.05. The molecule has 32 heavy (non-hydrogen) atoms. The Labute approximate surface area is 183 Å². The van der Waals surface area contributed by atoms with Crippen molar-refractivity contribution in [3.8, 4) is 22.9 Å². The fourth-order valence-corrected chi connectivity index (χ4v) is 3.32. The molecule has 0 aliphatic rings. The van der Waals surface area contributed by atoms with E-state index in [1.807, 2.05) is 42.1 Å². The smallest absolute Gasteiger partial charge is 0.178 e. The van der Waals surface area contributed by atoms with E-state index in [0.29, 0.717) is 35.1 Å². The molecule has 0 radical (unpaired) electrons. The lowest BCUT2D eigenvalue weighted by molar-refractivity contribution is 0.280. The van der Waals surface area contributed by atoms with E-state index in [1.165, 1.54) is 6.07 Å². The number of imidazole rings is 2. The van der Waals surface area contributed by atoms with Crippen molar-refractivity contribution in [2.24, 2.45) is 7.05 Å². The molecule has 7 nitrogen and oxygen atoms in total. The SMILES string of the molecule is Cn1ccnc1COc1cc(OCc2ccccc2F)cc(-c2nc3ncccc3[nH]2)c1. The lowest BCUT2D eigenvalue weighted by Crippen LogP contribution is -2.04. The first-order chi connectivity index (χ1) is 15.7. The third-order valence-electron chi connectivity index (χ3n) is 5.05. The topological polar surface area (TPSA) is 77.8 Å². The molecular formula is C24H20FN5O2. The summed E-state index contributed by atoms with van der Waals surface area (Å²) in [6.07, 6.45) is 5.28. The fraction of sp³-hybridized carbons (Fsp3) is 0.125. The highest BCUT2D eigenvalue weighted by Gasteiger charge is 2.12. The van der Waals surface area contributed by atoms with Crippen LogP contribution in [0.2, 0.25) is 0 Å². The van der Waals surface area contributed by atoms with Gasteiger partial charge in [0.25, 0.3) is 0 Å². The van der Waals surface area contributed by atoms with Gasteiger partial charge in [0.15, 0.2) is 5.65 Å². The molecule has 0 saturated carbocycles. The Bertz CT molecular complexity index is 1340. The van der Waals surface area contributed by atoms with Crippen LogP contribution in [0.1, 0.15) is 11.4 Å². The molecule has 2 aromatic carbocycles. The Kier molecular flexibility index (Phi) is 5.25. The fourth-order valence-electron chi connectivity index (χ4n) is 3.32. The second-order valence-corrected chi connectivity index (χ2v) is 7.28. The molecule has 3 aromatic heterocycles. The first-order valence-corrected chi connectivity index (χ1v) is 10.1. The number of hydrogen-bond acceptors (Lipinski definition) is 5. The quantitative estimate of drug-likeness (QED) is 0.407. The van der Waals surface area contributed by atoms with Gasteiger partial charge in [-0.15, -0.1) is 0 Å². The van der Waals surface area contributed by atoms with Crippen LogP contribution in [0.5, 0.6) is 11.5 Å². The number of ether oxygens (including phenoxy) is 2. The second-order valence-electron chi connectivity index (χ2n) is 7.28. The molecule has 0 spiro atoms. The molecule has 8 heteroatoms. The monoisotopic (exact) mass is 429 g/mol. The minimum absolute atomic E-state index is 0.0939. The maximum absolute atomic E-state index is 14.0. The minimum atomic E-state index is -0.307. The van der Waals surface area contributed by atoms with Crippen molar-refractivity contribution in [2.75, 3.05) is 0 Å². The number of aromatic amines is 1. The molecule has 160 valence electrons. The van der Waals surface area contributed by atoms with Crippen molar-refractivity contribution in [3.63, 3.8) is 0 Å². The van der Waals surface area contributed by atoms with Crippen LogP contribution < -0.4 is 9.47 Å². The normalized spacial score (nSPS) is 11.1. The van der Waals surface area contributed by atoms with Gasteiger partial charge in [0.1, 0.15) is 42.2 Å². The summed E-state index contributed by atoms with van der Waals surface area (Å²) in [6, 6.07) is 15.8. The average molecular weight is 429 g/mol. The minimum Gasteiger partial charge on any atom is -0.489 e. The molecule has 0 unspecified atom stereocenters. The molecule has 0 amide bonds. The van der Waals surface area contributed by atoms with E-state index in [9.17, 15) is 4.39 Å². The Balaban J connectivity index is 1.46. The van der Waals surface area contributed by atoms with Crippen LogP contribution in [0, 0.1) is 5.82 Å². The van der Waals surface area contributed by atoms with Gasteiger partial charge >= 0.3 is 0 Å². The lowest BCUT2D eigenvalue weighted by atomic mass is 10.2. The van der Waals surface area contributed by atoms with Gasteiger partial charge in [-0.05, 0) is 30.3 Å². The van der Waals surface area contributed by atoms with Crippen molar-refractivity contribution in [1.29, 1.82) is 0 Å². The first-order valence-electron chi connectivity index (χ1n) is 10.1. The summed E-state index contributed by atoms with van der Waals surface area (Å²) >= 11 is 0. The van der Waals surface area contributed by atoms with Crippen LogP contribution in [0.15, 0.2) is 73.2 Å². The Morgan fingerprint density at radius 2 is 1.75 bits per heavy atom. The molecule has 5 rings (SSSR count). The van der Waals surface area contributed by atoms with E-state index in [1.54, 1.807) is 36.7 Å². The summed E-state index contributed by atoms with van der Waals surface area (Å²) in [4.78, 5) is 16.4. The Hall–Kier alpha value is -4.20. The van der Waals surface area contributed by atoms with Gasteiger partial charge in [-0.1, -0.05) is 18.2 Å². The number of benzene rings is 2. The standard InChI is InChI=1S/C24H20FN5O2/c1-30-10-9-26-22(30)15-32-19-12-17(23-28-21-7-4-8-27-24(21)29-23)11-18(13-19)31-14-16-5-2-3-6-20(16)25/h2-13H,14-15H2,1H3,(H,27,28,29). The number of H-pyrrole nitrogens is 1. The zero-order valence-electron chi connectivity index (χ0n) is 17.3. The molecule has 3 heterocycles. The van der Waals surface area contributed by atoms with E-state index < -0.39 is 0 Å². The number of nitrogens with zero attached hydrogens (tertiary/aromatic N) is 4. The molecule has 0 saturated heterocycles. The molecule has 0 aliphatic carbocycles. The van der Waals surface area contributed by atoms with Crippen LogP contribution in [-0.2, 0) is 20.3 Å². The van der Waals surface area contributed by atoms with Crippen molar-refractivity contribution in [1.82, 2.24) is 24.5 Å². The highest BCUT2D eigenvalue weighted by atomic mass is 19.1. The molecule has 0 bridgehead atoms. The van der Waals surface area contributed by atoms with Crippen molar-refractivity contribution in [3.05, 3.63) is 90.4 Å². The highest BCUT2D eigenvalue weighted by Crippen LogP contribution is 2.30. The van der Waals surface area contributed by atoms with Gasteiger partial charge in [0.2, 0.25) is 0 Å². The van der Waals surface area contributed by atoms with Gasteiger partial charge in [-0.2, -0.15) is 0 Å². The van der Waals surface area contributed by atoms with E-state index >= 15 is 0 Å². The Morgan fingerprint density at radius 3 is 2.50 bits per heavy atom. The molecule has 5 aromatic rings. The van der Waals surface area contributed by atoms with E-state index in [2.05, 4.69) is 19.9 Å². The van der Waals surface area contributed by atoms with E-state index in [0.717, 1.165) is 16.9 Å². The zero-order chi connectivity index (χ0) is 21.9. The van der Waals surface area contributed by atoms with Gasteiger partial charge in [0, 0.05) is 42.8 Å². The average Bonchev–Trinajstić information content (AvgIpc) is 3.43. The van der Waals surface area contributed by atoms with Crippen LogP contribution in [0.4, 0.5) is 4.39 Å². The number of hydrogen-bond donors (Lipinski definition) is 1. The first kappa shape index (κ1) is 19.7. The summed E-state index contributed by atoms with van der Waals surface area (Å²) in [5.74, 6) is 2.24. The predicted molar refractivity (Wildman–Crippen MR) is 118 cm³/mol. The highest BCUT2D eigenvalue weighted by molar-refractivity contribution is 5.76. The predicted octanol–water partition coefficient (Wildman–Crippen LogP) is 4.66. The molecule has 0 fully saturated rings. The summed E-state index contributed by atoms with van der Waals surface area (Å²) in [5.41, 5.74) is 2.69. The molecule has 0 atom stereocenters. The van der Waals surface area contributed by atoms with E-state index in [-0.39, 0.29) is 12.4 Å². The second kappa shape index (κ2) is 8.50. The largest absolute Gasteiger partial charge is 0.489 e. The zero-order valence-corrected chi connectivity index (χ0v) is 17.3. The Morgan fingerprint density at radius 1 is 0.938 bits per heavy atom. The summed E-state index contributed by atoms with van der Waals surface area (Å²) in [7, 11) is 1.91. The number of fused-ring (bicyclic) bond motifs is 1. The summed E-state index contributed by atoms with van der Waals surface area (Å²) in [5, 5.41) is 0. The van der Waals surface area contributed by atoms with Gasteiger partial charge in [0.05, 0.1) is 5.52 Å². The van der Waals surface area contributed by atoms with Crippen LogP contribution in [-0.4, -0.2) is 24.5 Å². The van der Waals surface area contributed by atoms with Gasteiger partial charge in [-0.3, -0.25) is 0 Å². The number of nitrogens with one attached hydrogen (secondary N) is 1. The van der Waals surface area contributed by atoms with Crippen LogP contribution in [0.3, 0.4) is 0 Å². The van der Waals surface area contributed by atoms with Crippen molar-refractivity contribution in [2.45, 2.75) is 13.2 Å². The maximum Gasteiger partial charge on any atom is 0.178 e. The van der Waals surface area contributed by atoms with Crippen LogP contribution >= 0.6 is 0 Å². The third kappa shape index (κ3) is 4.15. The number of rotatable bonds is 7. The molecular weight excluding hydrogens is 409 g/mol. The van der Waals surface area contributed by atoms with Gasteiger partial charge in [-0.25, -0.2) is 19.3 Å². The van der Waals surface area contributed by atoms with Crippen molar-refractivity contribution < 1.29 is 13.9 Å². The van der Waals surface area contributed by atoms with Gasteiger partial charge < -0.3 is 19.0 Å². The number of halogens is 1.